The molecule has 1 N–H and O–H groups in total. The Kier molecular flexibility index (Phi) is 5.59. The van der Waals surface area contributed by atoms with Crippen molar-refractivity contribution in [3.05, 3.63) is 71.8 Å². The van der Waals surface area contributed by atoms with E-state index in [9.17, 15) is 4.79 Å². The zero-order valence-corrected chi connectivity index (χ0v) is 18.8. The summed E-state index contributed by atoms with van der Waals surface area (Å²) < 4.78 is 7.88. The van der Waals surface area contributed by atoms with Crippen LogP contribution in [0, 0.1) is 0 Å². The van der Waals surface area contributed by atoms with E-state index in [1.165, 1.54) is 11.8 Å². The summed E-state index contributed by atoms with van der Waals surface area (Å²) in [4.78, 5) is 12.6. The van der Waals surface area contributed by atoms with Crippen molar-refractivity contribution < 1.29 is 9.21 Å². The van der Waals surface area contributed by atoms with Gasteiger partial charge >= 0.3 is 0 Å². The van der Waals surface area contributed by atoms with Gasteiger partial charge in [-0.3, -0.25) is 9.36 Å². The van der Waals surface area contributed by atoms with E-state index in [0.29, 0.717) is 28.3 Å². The van der Waals surface area contributed by atoms with Crippen molar-refractivity contribution in [2.24, 2.45) is 0 Å². The van der Waals surface area contributed by atoms with Gasteiger partial charge in [-0.2, -0.15) is 0 Å². The molecule has 160 valence electrons. The lowest BCUT2D eigenvalue weighted by Crippen LogP contribution is -2.15. The number of nitrogens with zero attached hydrogens (tertiary/aromatic N) is 3. The fourth-order valence-corrected chi connectivity index (χ4v) is 4.62. The van der Waals surface area contributed by atoms with Gasteiger partial charge in [-0.25, -0.2) is 0 Å². The molecule has 0 atom stereocenters. The average Bonchev–Trinajstić information content (AvgIpc) is 3.41. The summed E-state index contributed by atoms with van der Waals surface area (Å²) in [7, 11) is 0. The van der Waals surface area contributed by atoms with Gasteiger partial charge in [0.1, 0.15) is 5.58 Å². The van der Waals surface area contributed by atoms with Crippen molar-refractivity contribution in [2.45, 2.75) is 18.6 Å². The molecule has 0 saturated heterocycles. The second-order valence-electron chi connectivity index (χ2n) is 7.21. The maximum absolute atomic E-state index is 12.6. The molecule has 0 aliphatic heterocycles. The number of carbonyl (C=O) groups excluding carboxylic acids is 1. The number of thioether (sulfide) groups is 1. The van der Waals surface area contributed by atoms with Gasteiger partial charge in [-0.05, 0) is 42.6 Å². The molecule has 0 unspecified atom stereocenters. The fourth-order valence-electron chi connectivity index (χ4n) is 3.64. The van der Waals surface area contributed by atoms with Crippen molar-refractivity contribution in [1.82, 2.24) is 14.8 Å². The van der Waals surface area contributed by atoms with Crippen LogP contribution in [0.25, 0.3) is 33.3 Å². The maximum Gasteiger partial charge on any atom is 0.234 e. The highest BCUT2D eigenvalue weighted by molar-refractivity contribution is 7.99. The molecule has 5 rings (SSSR count). The second-order valence-corrected chi connectivity index (χ2v) is 8.59. The van der Waals surface area contributed by atoms with E-state index < -0.39 is 0 Å². The first-order valence-electron chi connectivity index (χ1n) is 10.2. The van der Waals surface area contributed by atoms with Crippen LogP contribution in [-0.4, -0.2) is 26.4 Å². The van der Waals surface area contributed by atoms with Gasteiger partial charge in [0, 0.05) is 28.0 Å². The average molecular weight is 463 g/mol. The lowest BCUT2D eigenvalue weighted by atomic mass is 10.1. The van der Waals surface area contributed by atoms with E-state index in [0.717, 1.165) is 27.4 Å². The molecular formula is C24H19ClN4O2S. The minimum atomic E-state index is -0.100. The highest BCUT2D eigenvalue weighted by Gasteiger charge is 2.18. The lowest BCUT2D eigenvalue weighted by Gasteiger charge is -2.09. The number of rotatable bonds is 6. The molecule has 0 fully saturated rings. The van der Waals surface area contributed by atoms with Crippen molar-refractivity contribution in [3.63, 3.8) is 0 Å². The monoisotopic (exact) mass is 462 g/mol. The standard InChI is InChI=1S/C24H19ClN4O2S/c1-2-29-23(21-13-16-12-17(25)10-11-20(16)31-21)27-28-24(29)32-14-22(30)26-19-9-5-7-15-6-3-4-8-18(15)19/h3-13H,2,14H2,1H3,(H,26,30). The first-order valence-corrected chi connectivity index (χ1v) is 11.5. The Morgan fingerprint density at radius 3 is 2.78 bits per heavy atom. The molecule has 2 heterocycles. The number of halogens is 1. The van der Waals surface area contributed by atoms with E-state index in [4.69, 9.17) is 16.0 Å². The summed E-state index contributed by atoms with van der Waals surface area (Å²) in [5.41, 5.74) is 1.53. The quantitative estimate of drug-likeness (QED) is 0.302. The number of carbonyl (C=O) groups is 1. The summed E-state index contributed by atoms with van der Waals surface area (Å²) in [6, 6.07) is 21.2. The molecule has 0 aliphatic carbocycles. The number of aromatic nitrogens is 3. The van der Waals surface area contributed by atoms with Crippen LogP contribution in [0.3, 0.4) is 0 Å². The SMILES string of the molecule is CCn1c(SCC(=O)Nc2cccc3ccccc23)nnc1-c1cc2cc(Cl)ccc2o1. The zero-order chi connectivity index (χ0) is 22.1. The number of nitrogens with one attached hydrogen (secondary N) is 1. The van der Waals surface area contributed by atoms with Gasteiger partial charge in [0.15, 0.2) is 10.9 Å². The summed E-state index contributed by atoms with van der Waals surface area (Å²) in [6.45, 7) is 2.65. The molecular weight excluding hydrogens is 444 g/mol. The molecule has 1 amide bonds. The lowest BCUT2D eigenvalue weighted by molar-refractivity contribution is -0.113. The first-order chi connectivity index (χ1) is 15.6. The largest absolute Gasteiger partial charge is 0.453 e. The molecule has 0 saturated carbocycles. The molecule has 32 heavy (non-hydrogen) atoms. The molecule has 0 bridgehead atoms. The van der Waals surface area contributed by atoms with Gasteiger partial charge < -0.3 is 9.73 Å². The Balaban J connectivity index is 1.33. The minimum absolute atomic E-state index is 0.100. The number of benzene rings is 3. The van der Waals surface area contributed by atoms with E-state index in [2.05, 4.69) is 15.5 Å². The number of hydrogen-bond donors (Lipinski definition) is 1. The zero-order valence-electron chi connectivity index (χ0n) is 17.2. The van der Waals surface area contributed by atoms with Gasteiger partial charge in [0.25, 0.3) is 0 Å². The van der Waals surface area contributed by atoms with Crippen LogP contribution < -0.4 is 5.32 Å². The smallest absolute Gasteiger partial charge is 0.234 e. The van der Waals surface area contributed by atoms with Crippen LogP contribution >= 0.6 is 23.4 Å². The normalized spacial score (nSPS) is 11.3. The Bertz CT molecular complexity index is 1440. The number of anilines is 1. The Labute approximate surface area is 193 Å². The van der Waals surface area contributed by atoms with Gasteiger partial charge in [0.05, 0.1) is 5.75 Å². The Hall–Kier alpha value is -3.29. The topological polar surface area (TPSA) is 73.0 Å². The molecule has 0 radical (unpaired) electrons. The Morgan fingerprint density at radius 1 is 1.06 bits per heavy atom. The second kappa shape index (κ2) is 8.68. The summed E-state index contributed by atoms with van der Waals surface area (Å²) in [5, 5.41) is 15.9. The molecule has 8 heteroatoms. The number of furan rings is 1. The first kappa shape index (κ1) is 20.6. The van der Waals surface area contributed by atoms with Gasteiger partial charge in [-0.15, -0.1) is 10.2 Å². The number of amides is 1. The molecule has 6 nitrogen and oxygen atoms in total. The van der Waals surface area contributed by atoms with Crippen LogP contribution in [-0.2, 0) is 11.3 Å². The molecule has 3 aromatic carbocycles. The Morgan fingerprint density at radius 2 is 1.91 bits per heavy atom. The molecule has 2 aromatic heterocycles. The van der Waals surface area contributed by atoms with Crippen LogP contribution in [0.4, 0.5) is 5.69 Å². The maximum atomic E-state index is 12.6. The number of fused-ring (bicyclic) bond motifs is 2. The fraction of sp³-hybridized carbons (Fsp3) is 0.125. The third kappa shape index (κ3) is 3.97. The predicted molar refractivity (Wildman–Crippen MR) is 129 cm³/mol. The molecule has 0 spiro atoms. The van der Waals surface area contributed by atoms with Gasteiger partial charge in [0.2, 0.25) is 11.7 Å². The minimum Gasteiger partial charge on any atom is -0.453 e. The summed E-state index contributed by atoms with van der Waals surface area (Å²) >= 11 is 7.43. The number of hydrogen-bond acceptors (Lipinski definition) is 5. The molecule has 5 aromatic rings. The highest BCUT2D eigenvalue weighted by Crippen LogP contribution is 2.31. The van der Waals surface area contributed by atoms with Crippen LogP contribution in [0.2, 0.25) is 5.02 Å². The highest BCUT2D eigenvalue weighted by atomic mass is 35.5. The van der Waals surface area contributed by atoms with E-state index in [1.807, 2.05) is 72.2 Å². The van der Waals surface area contributed by atoms with Crippen molar-refractivity contribution in [3.8, 4) is 11.6 Å². The van der Waals surface area contributed by atoms with Gasteiger partial charge in [-0.1, -0.05) is 59.8 Å². The predicted octanol–water partition coefficient (Wildman–Crippen LogP) is 6.25. The van der Waals surface area contributed by atoms with E-state index in [1.54, 1.807) is 6.07 Å². The summed E-state index contributed by atoms with van der Waals surface area (Å²) in [6.07, 6.45) is 0. The van der Waals surface area contributed by atoms with Crippen LogP contribution in [0.5, 0.6) is 0 Å². The van der Waals surface area contributed by atoms with Crippen molar-refractivity contribution >= 4 is 56.7 Å². The third-order valence-electron chi connectivity index (χ3n) is 5.13. The van der Waals surface area contributed by atoms with E-state index >= 15 is 0 Å². The third-order valence-corrected chi connectivity index (χ3v) is 6.33. The van der Waals surface area contributed by atoms with Crippen molar-refractivity contribution in [2.75, 3.05) is 11.1 Å². The molecule has 0 aliphatic rings. The van der Waals surface area contributed by atoms with Crippen LogP contribution in [0.1, 0.15) is 6.92 Å². The van der Waals surface area contributed by atoms with E-state index in [-0.39, 0.29) is 11.7 Å². The van der Waals surface area contributed by atoms with Crippen LogP contribution in [0.15, 0.2) is 76.3 Å². The summed E-state index contributed by atoms with van der Waals surface area (Å²) in [5.74, 6) is 1.36. The van der Waals surface area contributed by atoms with Crippen molar-refractivity contribution in [1.29, 1.82) is 0 Å².